The van der Waals surface area contributed by atoms with Crippen LogP contribution in [0.2, 0.25) is 0 Å². The lowest BCUT2D eigenvalue weighted by atomic mass is 9.94. The number of hydrogen-bond acceptors (Lipinski definition) is 8. The number of amides is 1. The maximum Gasteiger partial charge on any atom is 0.490 e. The van der Waals surface area contributed by atoms with Crippen molar-refractivity contribution in [2.45, 2.75) is 57.2 Å². The molecule has 0 aromatic carbocycles. The molecule has 1 amide bonds. The minimum Gasteiger partial charge on any atom is -0.475 e. The van der Waals surface area contributed by atoms with Gasteiger partial charge in [0.1, 0.15) is 0 Å². The number of hydrogen-bond donors (Lipinski definition) is 3. The summed E-state index contributed by atoms with van der Waals surface area (Å²) in [5.74, 6) is -2.03. The van der Waals surface area contributed by atoms with Gasteiger partial charge in [-0.25, -0.2) is 9.59 Å². The number of likely N-dealkylation sites (tertiary alicyclic amines) is 1. The summed E-state index contributed by atoms with van der Waals surface area (Å²) < 4.78 is 65.5. The zero-order valence-electron chi connectivity index (χ0n) is 21.5. The van der Waals surface area contributed by atoms with Crippen LogP contribution in [0.4, 0.5) is 26.3 Å². The van der Waals surface area contributed by atoms with Crippen molar-refractivity contribution in [3.63, 3.8) is 0 Å². The molecule has 0 spiro atoms. The number of rotatable bonds is 5. The van der Waals surface area contributed by atoms with E-state index in [0.717, 1.165) is 31.4 Å². The number of carbonyl (C=O) groups excluding carboxylic acids is 1. The molecular formula is C22H32F6N6O5S. The van der Waals surface area contributed by atoms with Crippen LogP contribution in [-0.2, 0) is 27.5 Å². The second kappa shape index (κ2) is 15.4. The topological polar surface area (TPSA) is 141 Å². The molecule has 18 heteroatoms. The lowest BCUT2D eigenvalue weighted by molar-refractivity contribution is -0.193. The highest BCUT2D eigenvalue weighted by molar-refractivity contribution is 7.99. The maximum atomic E-state index is 11.5. The van der Waals surface area contributed by atoms with Crippen molar-refractivity contribution in [1.82, 2.24) is 30.1 Å². The third-order valence-corrected chi connectivity index (χ3v) is 7.42. The van der Waals surface area contributed by atoms with E-state index in [4.69, 9.17) is 19.8 Å². The summed E-state index contributed by atoms with van der Waals surface area (Å²) in [5.41, 5.74) is 0.969. The fraction of sp³-hybridized carbons (Fsp3) is 0.773. The van der Waals surface area contributed by atoms with E-state index in [0.29, 0.717) is 19.0 Å². The molecule has 3 fully saturated rings. The second-order valence-corrected chi connectivity index (χ2v) is 10.6. The first-order valence-electron chi connectivity index (χ1n) is 12.4. The van der Waals surface area contributed by atoms with Gasteiger partial charge >= 0.3 is 24.3 Å². The van der Waals surface area contributed by atoms with E-state index in [2.05, 4.69) is 43.4 Å². The first kappa shape index (κ1) is 33.6. The van der Waals surface area contributed by atoms with Gasteiger partial charge in [0.05, 0.1) is 12.2 Å². The summed E-state index contributed by atoms with van der Waals surface area (Å²) in [6, 6.07) is 0.830. The van der Waals surface area contributed by atoms with Gasteiger partial charge in [-0.1, -0.05) is 5.21 Å². The SMILES string of the molecule is O=C(O)C(F)(F)F.O=C(O)C(F)(F)F.O=C1CN(Cc2cn(CC3CCN(C4CCSCC4)CC3)nn2)CCN1. The molecule has 0 radical (unpaired) electrons. The lowest BCUT2D eigenvalue weighted by Gasteiger charge is -2.39. The Labute approximate surface area is 230 Å². The number of aromatic nitrogens is 3. The molecular weight excluding hydrogens is 574 g/mol. The number of piperidine rings is 1. The van der Waals surface area contributed by atoms with Gasteiger partial charge in [-0.2, -0.15) is 38.1 Å². The van der Waals surface area contributed by atoms with Gasteiger partial charge < -0.3 is 20.4 Å². The predicted molar refractivity (Wildman–Crippen MR) is 130 cm³/mol. The Hall–Kier alpha value is -2.60. The second-order valence-electron chi connectivity index (χ2n) is 9.42. The molecule has 1 aromatic heterocycles. The molecule has 0 saturated carbocycles. The van der Waals surface area contributed by atoms with Crippen LogP contribution >= 0.6 is 11.8 Å². The van der Waals surface area contributed by atoms with E-state index >= 15 is 0 Å². The number of carbonyl (C=O) groups is 3. The minimum atomic E-state index is -5.08. The van der Waals surface area contributed by atoms with Gasteiger partial charge in [-0.15, -0.1) is 5.10 Å². The quantitative estimate of drug-likeness (QED) is 0.427. The van der Waals surface area contributed by atoms with Crippen molar-refractivity contribution < 1.29 is 50.9 Å². The fourth-order valence-corrected chi connectivity index (χ4v) is 5.45. The third-order valence-electron chi connectivity index (χ3n) is 6.38. The number of nitrogens with one attached hydrogen (secondary N) is 1. The monoisotopic (exact) mass is 606 g/mol. The van der Waals surface area contributed by atoms with E-state index in [1.165, 1.54) is 50.3 Å². The molecule has 4 rings (SSSR count). The summed E-state index contributed by atoms with van der Waals surface area (Å²) in [6.45, 7) is 6.25. The standard InChI is InChI=1S/C18H30N6OS.2C2HF3O2/c25-18-14-22(8-5-19-18)12-16-13-24(21-20-16)11-15-1-6-23(7-2-15)17-3-9-26-10-4-17;2*3-2(4,5)1(6)7/h13,15,17H,1-12,14H2,(H,19,25);2*(H,6,7). The summed E-state index contributed by atoms with van der Waals surface area (Å²) in [6.07, 6.45) is -2.82. The molecule has 0 aliphatic carbocycles. The molecule has 0 bridgehead atoms. The van der Waals surface area contributed by atoms with E-state index < -0.39 is 24.3 Å². The average molecular weight is 607 g/mol. The first-order chi connectivity index (χ1) is 18.6. The molecule has 11 nitrogen and oxygen atoms in total. The Bertz CT molecular complexity index is 941. The zero-order chi connectivity index (χ0) is 29.9. The number of alkyl halides is 6. The van der Waals surface area contributed by atoms with Crippen molar-refractivity contribution in [1.29, 1.82) is 0 Å². The number of carboxylic acid groups (broad SMARTS) is 2. The summed E-state index contributed by atoms with van der Waals surface area (Å²) in [7, 11) is 0. The van der Waals surface area contributed by atoms with Crippen LogP contribution in [0, 0.1) is 5.92 Å². The number of carboxylic acids is 2. The van der Waals surface area contributed by atoms with Crippen molar-refractivity contribution >= 4 is 29.6 Å². The van der Waals surface area contributed by atoms with Crippen LogP contribution < -0.4 is 5.32 Å². The molecule has 3 aliphatic rings. The van der Waals surface area contributed by atoms with Crippen molar-refractivity contribution in [2.24, 2.45) is 5.92 Å². The molecule has 3 aliphatic heterocycles. The van der Waals surface area contributed by atoms with Gasteiger partial charge in [0.15, 0.2) is 0 Å². The van der Waals surface area contributed by atoms with E-state index in [1.807, 2.05) is 4.68 Å². The normalized spacial score (nSPS) is 20.0. The zero-order valence-corrected chi connectivity index (χ0v) is 22.3. The van der Waals surface area contributed by atoms with Crippen LogP contribution in [0.3, 0.4) is 0 Å². The van der Waals surface area contributed by atoms with Crippen LogP contribution in [0.1, 0.15) is 31.4 Å². The third kappa shape index (κ3) is 12.3. The Morgan fingerprint density at radius 1 is 0.975 bits per heavy atom. The predicted octanol–water partition coefficient (Wildman–Crippen LogP) is 2.08. The Kier molecular flexibility index (Phi) is 12.9. The van der Waals surface area contributed by atoms with E-state index in [1.54, 1.807) is 0 Å². The Balaban J connectivity index is 0.000000333. The highest BCUT2D eigenvalue weighted by atomic mass is 32.2. The number of nitrogens with zero attached hydrogens (tertiary/aromatic N) is 5. The van der Waals surface area contributed by atoms with Crippen LogP contribution in [-0.4, -0.2) is 115 Å². The molecule has 40 heavy (non-hydrogen) atoms. The van der Waals surface area contributed by atoms with Gasteiger partial charge in [0.25, 0.3) is 0 Å². The smallest absolute Gasteiger partial charge is 0.475 e. The average Bonchev–Trinajstić information content (AvgIpc) is 3.31. The maximum absolute atomic E-state index is 11.5. The number of halogens is 6. The molecule has 0 atom stereocenters. The molecule has 3 N–H and O–H groups in total. The number of thioether (sulfide) groups is 1. The van der Waals surface area contributed by atoms with Gasteiger partial charge in [0, 0.05) is 38.4 Å². The van der Waals surface area contributed by atoms with Gasteiger partial charge in [0.2, 0.25) is 5.91 Å². The molecule has 1 aromatic rings. The molecule has 0 unspecified atom stereocenters. The fourth-order valence-electron chi connectivity index (χ4n) is 4.37. The minimum absolute atomic E-state index is 0.104. The van der Waals surface area contributed by atoms with Crippen LogP contribution in [0.15, 0.2) is 6.20 Å². The largest absolute Gasteiger partial charge is 0.490 e. The van der Waals surface area contributed by atoms with E-state index in [-0.39, 0.29) is 5.91 Å². The number of aliphatic carboxylic acids is 2. The summed E-state index contributed by atoms with van der Waals surface area (Å²) in [5, 5.41) is 25.8. The van der Waals surface area contributed by atoms with Gasteiger partial charge in [-0.3, -0.25) is 14.4 Å². The van der Waals surface area contributed by atoms with Crippen LogP contribution in [0.25, 0.3) is 0 Å². The van der Waals surface area contributed by atoms with Crippen molar-refractivity contribution in [2.75, 3.05) is 44.2 Å². The van der Waals surface area contributed by atoms with Crippen LogP contribution in [0.5, 0.6) is 0 Å². The summed E-state index contributed by atoms with van der Waals surface area (Å²) >= 11 is 2.11. The summed E-state index contributed by atoms with van der Waals surface area (Å²) in [4.78, 5) is 34.1. The van der Waals surface area contributed by atoms with Crippen molar-refractivity contribution in [3.8, 4) is 0 Å². The highest BCUT2D eigenvalue weighted by Gasteiger charge is 2.39. The Morgan fingerprint density at radius 3 is 2.02 bits per heavy atom. The molecule has 4 heterocycles. The lowest BCUT2D eigenvalue weighted by Crippen LogP contribution is -2.47. The highest BCUT2D eigenvalue weighted by Crippen LogP contribution is 2.27. The number of piperazine rings is 1. The molecule has 228 valence electrons. The van der Waals surface area contributed by atoms with Gasteiger partial charge in [-0.05, 0) is 56.2 Å². The van der Waals surface area contributed by atoms with Crippen molar-refractivity contribution in [3.05, 3.63) is 11.9 Å². The van der Waals surface area contributed by atoms with E-state index in [9.17, 15) is 31.1 Å². The molecule has 3 saturated heterocycles. The Morgan fingerprint density at radius 2 is 1.52 bits per heavy atom. The first-order valence-corrected chi connectivity index (χ1v) is 13.6.